The van der Waals surface area contributed by atoms with E-state index in [4.69, 9.17) is 10.5 Å². The standard InChI is InChI=1S/C21H16F3N3O/c1-12-18(13-6-8-16(28-2)9-7-13)19(17(11-25)20(26)27-12)14-4-3-5-15(10-14)21(22,23)24/h3-10H,1-2H3,(H2,26,27). The summed E-state index contributed by atoms with van der Waals surface area (Å²) in [7, 11) is 1.53. The van der Waals surface area contributed by atoms with Crippen LogP contribution in [0.3, 0.4) is 0 Å². The maximum Gasteiger partial charge on any atom is 0.416 e. The number of nitrogens with zero attached hydrogens (tertiary/aromatic N) is 2. The summed E-state index contributed by atoms with van der Waals surface area (Å²) in [6, 6.07) is 13.8. The van der Waals surface area contributed by atoms with E-state index in [-0.39, 0.29) is 16.9 Å². The minimum absolute atomic E-state index is 0.0235. The van der Waals surface area contributed by atoms with E-state index in [1.54, 1.807) is 31.2 Å². The van der Waals surface area contributed by atoms with Crippen molar-refractivity contribution in [2.75, 3.05) is 12.8 Å². The van der Waals surface area contributed by atoms with Gasteiger partial charge in [0.25, 0.3) is 0 Å². The van der Waals surface area contributed by atoms with Gasteiger partial charge in [0.1, 0.15) is 23.2 Å². The number of nitriles is 1. The predicted octanol–water partition coefficient (Wildman–Crippen LogP) is 5.21. The number of nitrogens with two attached hydrogens (primary N) is 1. The summed E-state index contributed by atoms with van der Waals surface area (Å²) < 4.78 is 44.8. The SMILES string of the molecule is COc1ccc(-c2c(C)nc(N)c(C#N)c2-c2cccc(C(F)(F)F)c2)cc1. The number of ether oxygens (including phenoxy) is 1. The summed E-state index contributed by atoms with van der Waals surface area (Å²) >= 11 is 0. The van der Waals surface area contributed by atoms with Gasteiger partial charge in [0, 0.05) is 16.8 Å². The average Bonchev–Trinajstić information content (AvgIpc) is 2.67. The summed E-state index contributed by atoms with van der Waals surface area (Å²) in [6.07, 6.45) is -4.50. The zero-order valence-electron chi connectivity index (χ0n) is 15.1. The molecule has 0 amide bonds. The first kappa shape index (κ1) is 19.2. The van der Waals surface area contributed by atoms with Crippen LogP contribution in [0.15, 0.2) is 48.5 Å². The molecule has 0 unspecified atom stereocenters. The highest BCUT2D eigenvalue weighted by molar-refractivity contribution is 5.91. The molecule has 0 aliphatic rings. The highest BCUT2D eigenvalue weighted by atomic mass is 19.4. The number of hydrogen-bond donors (Lipinski definition) is 1. The van der Waals surface area contributed by atoms with Crippen molar-refractivity contribution in [2.45, 2.75) is 13.1 Å². The lowest BCUT2D eigenvalue weighted by Gasteiger charge is -2.17. The van der Waals surface area contributed by atoms with Gasteiger partial charge >= 0.3 is 6.18 Å². The van der Waals surface area contributed by atoms with Crippen molar-refractivity contribution in [1.82, 2.24) is 4.98 Å². The summed E-state index contributed by atoms with van der Waals surface area (Å²) in [6.45, 7) is 1.70. The number of halogens is 3. The smallest absolute Gasteiger partial charge is 0.416 e. The molecule has 7 heteroatoms. The highest BCUT2D eigenvalue weighted by Gasteiger charge is 2.31. The molecule has 0 atom stereocenters. The molecule has 28 heavy (non-hydrogen) atoms. The number of hydrogen-bond acceptors (Lipinski definition) is 4. The van der Waals surface area contributed by atoms with Crippen LogP contribution < -0.4 is 10.5 Å². The van der Waals surface area contributed by atoms with Crippen molar-refractivity contribution >= 4 is 5.82 Å². The van der Waals surface area contributed by atoms with Crippen molar-refractivity contribution in [3.05, 3.63) is 65.4 Å². The van der Waals surface area contributed by atoms with Crippen molar-refractivity contribution in [2.24, 2.45) is 0 Å². The Kier molecular flexibility index (Phi) is 4.97. The Hall–Kier alpha value is -3.53. The molecule has 3 aromatic rings. The number of pyridine rings is 1. The fraction of sp³-hybridized carbons (Fsp3) is 0.143. The fourth-order valence-corrected chi connectivity index (χ4v) is 3.09. The molecule has 0 fully saturated rings. The number of benzene rings is 2. The molecule has 0 radical (unpaired) electrons. The number of rotatable bonds is 3. The van der Waals surface area contributed by atoms with E-state index >= 15 is 0 Å². The first-order chi connectivity index (χ1) is 13.3. The third-order valence-corrected chi connectivity index (χ3v) is 4.38. The van der Waals surface area contributed by atoms with Crippen LogP contribution >= 0.6 is 0 Å². The average molecular weight is 383 g/mol. The first-order valence-electron chi connectivity index (χ1n) is 8.28. The van der Waals surface area contributed by atoms with Crippen molar-refractivity contribution in [3.8, 4) is 34.1 Å². The van der Waals surface area contributed by atoms with Crippen LogP contribution in [0.2, 0.25) is 0 Å². The second-order valence-electron chi connectivity index (χ2n) is 6.13. The molecule has 1 heterocycles. The summed E-state index contributed by atoms with van der Waals surface area (Å²) in [4.78, 5) is 4.22. The summed E-state index contributed by atoms with van der Waals surface area (Å²) in [5.74, 6) is 0.607. The second-order valence-corrected chi connectivity index (χ2v) is 6.13. The van der Waals surface area contributed by atoms with Crippen LogP contribution in [0.4, 0.5) is 19.0 Å². The van der Waals surface area contributed by atoms with E-state index in [0.717, 1.165) is 12.1 Å². The zero-order chi connectivity index (χ0) is 20.5. The monoisotopic (exact) mass is 383 g/mol. The van der Waals surface area contributed by atoms with Gasteiger partial charge in [0.2, 0.25) is 0 Å². The van der Waals surface area contributed by atoms with Crippen LogP contribution in [0.25, 0.3) is 22.3 Å². The minimum Gasteiger partial charge on any atom is -0.497 e. The van der Waals surface area contributed by atoms with Gasteiger partial charge in [-0.25, -0.2) is 4.98 Å². The molecule has 0 saturated heterocycles. The third-order valence-electron chi connectivity index (χ3n) is 4.38. The third kappa shape index (κ3) is 3.49. The second kappa shape index (κ2) is 7.24. The van der Waals surface area contributed by atoms with Gasteiger partial charge in [-0.15, -0.1) is 0 Å². The van der Waals surface area contributed by atoms with Crippen LogP contribution in [0.5, 0.6) is 5.75 Å². The van der Waals surface area contributed by atoms with Crippen LogP contribution in [0.1, 0.15) is 16.8 Å². The molecule has 2 aromatic carbocycles. The van der Waals surface area contributed by atoms with Gasteiger partial charge in [0.15, 0.2) is 0 Å². The lowest BCUT2D eigenvalue weighted by atomic mass is 9.89. The Balaban J connectivity index is 2.35. The van der Waals surface area contributed by atoms with E-state index < -0.39 is 11.7 Å². The number of anilines is 1. The molecule has 3 rings (SSSR count). The van der Waals surface area contributed by atoms with Crippen LogP contribution in [0, 0.1) is 18.3 Å². The molecular weight excluding hydrogens is 367 g/mol. The van der Waals surface area contributed by atoms with E-state index in [0.29, 0.717) is 28.1 Å². The first-order valence-corrected chi connectivity index (χ1v) is 8.28. The summed E-state index contributed by atoms with van der Waals surface area (Å²) in [5.41, 5.74) is 7.46. The Morgan fingerprint density at radius 1 is 1.04 bits per heavy atom. The van der Waals surface area contributed by atoms with Gasteiger partial charge in [-0.3, -0.25) is 0 Å². The molecule has 0 spiro atoms. The quantitative estimate of drug-likeness (QED) is 0.674. The van der Waals surface area contributed by atoms with Gasteiger partial charge in [0.05, 0.1) is 12.7 Å². The summed E-state index contributed by atoms with van der Waals surface area (Å²) in [5, 5.41) is 9.62. The molecule has 0 saturated carbocycles. The van der Waals surface area contributed by atoms with E-state index in [9.17, 15) is 18.4 Å². The topological polar surface area (TPSA) is 71.9 Å². The fourth-order valence-electron chi connectivity index (χ4n) is 3.09. The normalized spacial score (nSPS) is 11.1. The Morgan fingerprint density at radius 3 is 2.29 bits per heavy atom. The maximum atomic E-state index is 13.2. The van der Waals surface area contributed by atoms with E-state index in [1.165, 1.54) is 19.2 Å². The maximum absolute atomic E-state index is 13.2. The minimum atomic E-state index is -4.50. The van der Waals surface area contributed by atoms with Gasteiger partial charge < -0.3 is 10.5 Å². The van der Waals surface area contributed by atoms with Gasteiger partial charge in [-0.05, 0) is 42.3 Å². The zero-order valence-corrected chi connectivity index (χ0v) is 15.1. The van der Waals surface area contributed by atoms with E-state index in [1.807, 2.05) is 6.07 Å². The van der Waals surface area contributed by atoms with Crippen LogP contribution in [-0.4, -0.2) is 12.1 Å². The van der Waals surface area contributed by atoms with Crippen molar-refractivity contribution in [1.29, 1.82) is 5.26 Å². The molecule has 4 nitrogen and oxygen atoms in total. The lowest BCUT2D eigenvalue weighted by molar-refractivity contribution is -0.137. The molecule has 0 aliphatic carbocycles. The van der Waals surface area contributed by atoms with Crippen LogP contribution in [-0.2, 0) is 6.18 Å². The highest BCUT2D eigenvalue weighted by Crippen LogP contribution is 2.41. The van der Waals surface area contributed by atoms with Crippen molar-refractivity contribution < 1.29 is 17.9 Å². The number of nitrogen functional groups attached to an aromatic ring is 1. The van der Waals surface area contributed by atoms with Crippen molar-refractivity contribution in [3.63, 3.8) is 0 Å². The molecule has 1 aromatic heterocycles. The Labute approximate surface area is 160 Å². The molecule has 142 valence electrons. The molecule has 0 bridgehead atoms. The predicted molar refractivity (Wildman–Crippen MR) is 101 cm³/mol. The number of alkyl halides is 3. The lowest BCUT2D eigenvalue weighted by Crippen LogP contribution is -2.06. The largest absolute Gasteiger partial charge is 0.497 e. The molecular formula is C21H16F3N3O. The van der Waals surface area contributed by atoms with E-state index in [2.05, 4.69) is 4.98 Å². The van der Waals surface area contributed by atoms with Gasteiger partial charge in [-0.2, -0.15) is 18.4 Å². The Bertz CT molecular complexity index is 1070. The Morgan fingerprint density at radius 2 is 1.71 bits per heavy atom. The molecule has 0 aliphatic heterocycles. The number of methoxy groups -OCH3 is 1. The molecule has 2 N–H and O–H groups in total. The number of aromatic nitrogens is 1. The number of aryl methyl sites for hydroxylation is 1. The van der Waals surface area contributed by atoms with Gasteiger partial charge in [-0.1, -0.05) is 24.3 Å².